The second-order valence-electron chi connectivity index (χ2n) is 23.4. The number of carbonyl (C=O) groups is 8. The molecule has 1 aromatic heterocycles. The van der Waals surface area contributed by atoms with Gasteiger partial charge in [0.25, 0.3) is 11.8 Å². The van der Waals surface area contributed by atoms with E-state index in [0.29, 0.717) is 49.7 Å². The van der Waals surface area contributed by atoms with Gasteiger partial charge >= 0.3 is 32.1 Å². The molecule has 5 aromatic carbocycles. The summed E-state index contributed by atoms with van der Waals surface area (Å²) in [7, 11) is -3.56. The summed E-state index contributed by atoms with van der Waals surface area (Å²) < 4.78 is 34.1. The highest BCUT2D eigenvalue weighted by atomic mass is 35.5. The number of amides is 9. The van der Waals surface area contributed by atoms with Crippen LogP contribution in [0.5, 0.6) is 11.5 Å². The van der Waals surface area contributed by atoms with Crippen molar-refractivity contribution in [2.24, 2.45) is 11.7 Å². The van der Waals surface area contributed by atoms with E-state index in [-0.39, 0.29) is 117 Å². The van der Waals surface area contributed by atoms with Crippen LogP contribution in [-0.4, -0.2) is 162 Å². The first-order valence-corrected chi connectivity index (χ1v) is 33.0. The van der Waals surface area contributed by atoms with Crippen LogP contribution in [0.4, 0.5) is 36.2 Å². The van der Waals surface area contributed by atoms with Crippen LogP contribution in [0.2, 0.25) is 0 Å². The molecule has 29 heteroatoms. The van der Waals surface area contributed by atoms with E-state index in [1.54, 1.807) is 107 Å². The second kappa shape index (κ2) is 30.5. The Hall–Kier alpha value is -8.23. The number of alkyl carbamates (subject to hydrolysis) is 1. The molecule has 0 fully saturated rings. The molecule has 0 saturated carbocycles. The molecular formula is C63H74Cl2N9O16PS. The summed E-state index contributed by atoms with van der Waals surface area (Å²) in [4.78, 5) is 133. The third kappa shape index (κ3) is 17.3. The van der Waals surface area contributed by atoms with E-state index in [9.17, 15) is 57.8 Å². The number of halogens is 2. The molecule has 9 N–H and O–H groups in total. The summed E-state index contributed by atoms with van der Waals surface area (Å²) >= 11 is 14.1. The minimum atomic E-state index is -5.02. The van der Waals surface area contributed by atoms with Gasteiger partial charge in [0.2, 0.25) is 11.8 Å². The van der Waals surface area contributed by atoms with Crippen molar-refractivity contribution >= 4 is 129 Å². The molecule has 492 valence electrons. The fourth-order valence-electron chi connectivity index (χ4n) is 11.0. The lowest BCUT2D eigenvalue weighted by Crippen LogP contribution is -2.55. The van der Waals surface area contributed by atoms with E-state index >= 15 is 0 Å². The van der Waals surface area contributed by atoms with Crippen LogP contribution in [0.3, 0.4) is 0 Å². The van der Waals surface area contributed by atoms with Crippen molar-refractivity contribution in [1.29, 1.82) is 0 Å². The van der Waals surface area contributed by atoms with Crippen molar-refractivity contribution in [3.63, 3.8) is 0 Å². The maximum atomic E-state index is 14.8. The van der Waals surface area contributed by atoms with Gasteiger partial charge in [0, 0.05) is 105 Å². The Morgan fingerprint density at radius 2 is 1.28 bits per heavy atom. The monoisotopic (exact) mass is 1350 g/mol. The molecule has 25 nitrogen and oxygen atoms in total. The number of nitrogens with zero attached hydrogens (tertiary/aromatic N) is 4. The number of methoxy groups -OCH3 is 1. The normalized spacial score (nSPS) is 15.1. The van der Waals surface area contributed by atoms with Crippen LogP contribution in [0.1, 0.15) is 95.3 Å². The number of primary amides is 1. The number of hydrogen-bond acceptors (Lipinski definition) is 14. The van der Waals surface area contributed by atoms with Crippen molar-refractivity contribution in [3.05, 3.63) is 124 Å². The van der Waals surface area contributed by atoms with Gasteiger partial charge in [-0.25, -0.2) is 23.7 Å². The first-order chi connectivity index (χ1) is 43.7. The number of fused-ring (bicyclic) bond motifs is 6. The number of nitrogens with two attached hydrogens (primary N) is 1. The summed E-state index contributed by atoms with van der Waals surface area (Å²) in [6.07, 6.45) is -2.30. The Morgan fingerprint density at radius 1 is 0.739 bits per heavy atom. The minimum Gasteiger partial charge on any atom is -0.465 e. The van der Waals surface area contributed by atoms with Crippen molar-refractivity contribution in [1.82, 2.24) is 25.8 Å². The summed E-state index contributed by atoms with van der Waals surface area (Å²) in [6, 6.07) is 23.9. The topological polar surface area (TPSA) is 338 Å². The van der Waals surface area contributed by atoms with Crippen molar-refractivity contribution in [2.45, 2.75) is 83.4 Å². The molecule has 0 radical (unpaired) electrons. The van der Waals surface area contributed by atoms with Gasteiger partial charge in [0.1, 0.15) is 29.2 Å². The standard InChI is InChI=1S/C63H74Cl2N9O16PS/c1-36(2)54(70-60(80)89-63(3,4)5)56(76)69-45(16-11-24-67-59(66)79)55(75)68-40-19-17-37(18-20-40)23-25-71(61(81)82)26-27-72(28-29-87-6)62(83)88-48-30-46-52(43-14-9-7-12-41(43)48)38(32-64)34-73(46)57(77)50-21-22-51(92-50)58(78)74-35-39(33-65)53-44-15-10-8-13-42(44)49(31-47(53)74)90-91(84,85)86/h7-10,12-15,17-22,30-31,36,38-39,45,54H,11,16,23-29,32-35H2,1-6H3,(H,68,75)(H,69,76)(H,70,80)(H,81,82)(H3,66,67,79)(H2,84,85,86)/t38-,39-,45+,54+/m1/s1. The lowest BCUT2D eigenvalue weighted by molar-refractivity contribution is -0.128. The third-order valence-electron chi connectivity index (χ3n) is 15.4. The van der Waals surface area contributed by atoms with Gasteiger partial charge in [-0.15, -0.1) is 34.5 Å². The molecule has 4 atom stereocenters. The number of anilines is 3. The predicted molar refractivity (Wildman–Crippen MR) is 350 cm³/mol. The first-order valence-electron chi connectivity index (χ1n) is 29.6. The van der Waals surface area contributed by atoms with E-state index < -0.39 is 79.4 Å². The zero-order valence-electron chi connectivity index (χ0n) is 51.4. The molecule has 8 rings (SSSR count). The number of urea groups is 1. The molecule has 0 bridgehead atoms. The zero-order chi connectivity index (χ0) is 66.8. The highest BCUT2D eigenvalue weighted by Gasteiger charge is 2.40. The Balaban J connectivity index is 0.939. The Bertz CT molecular complexity index is 3790. The molecule has 92 heavy (non-hydrogen) atoms. The number of rotatable bonds is 26. The Morgan fingerprint density at radius 3 is 1.79 bits per heavy atom. The number of alkyl halides is 2. The average Bonchev–Trinajstić information content (AvgIpc) is 1.56. The SMILES string of the molecule is COCCN(CCN(CCc1ccc(NC(=O)[C@H](CCCNC(N)=O)NC(=O)[C@@H](NC(=O)OC(C)(C)C)C(C)C)cc1)C(=O)O)C(=O)Oc1cc2c(c3ccccc13)[C@H](CCl)CN2C(=O)c1ccc(C(=O)N2C[C@@H](CCl)c3c2cc(OP(=O)(O)O)c2ccccc32)s1. The molecule has 0 unspecified atom stereocenters. The first kappa shape index (κ1) is 69.7. The van der Waals surface area contributed by atoms with Crippen LogP contribution in [-0.2, 0) is 30.0 Å². The van der Waals surface area contributed by atoms with Gasteiger partial charge in [-0.1, -0.05) is 74.5 Å². The van der Waals surface area contributed by atoms with Crippen LogP contribution in [0.15, 0.2) is 97.1 Å². The van der Waals surface area contributed by atoms with E-state index in [1.165, 1.54) is 33.9 Å². The maximum Gasteiger partial charge on any atom is 0.524 e. The minimum absolute atomic E-state index is 0.00711. The molecule has 9 amide bonds. The third-order valence-corrected chi connectivity index (χ3v) is 17.7. The number of phosphoric acid groups is 1. The van der Waals surface area contributed by atoms with E-state index in [2.05, 4.69) is 21.3 Å². The lowest BCUT2D eigenvalue weighted by atomic mass is 9.95. The molecule has 0 aliphatic carbocycles. The Kier molecular flexibility index (Phi) is 23.1. The van der Waals surface area contributed by atoms with Crippen molar-refractivity contribution < 1.29 is 76.5 Å². The quantitative estimate of drug-likeness (QED) is 0.0142. The van der Waals surface area contributed by atoms with E-state index in [1.807, 2.05) is 12.1 Å². The fraction of sp³-hybridized carbons (Fsp3) is 0.397. The number of ether oxygens (including phenoxy) is 3. The largest absolute Gasteiger partial charge is 0.524 e. The van der Waals surface area contributed by atoms with E-state index in [0.717, 1.165) is 21.8 Å². The molecule has 2 aliphatic rings. The van der Waals surface area contributed by atoms with Crippen molar-refractivity contribution in [2.75, 3.05) is 86.4 Å². The van der Waals surface area contributed by atoms with E-state index in [4.69, 9.17) is 47.7 Å². The van der Waals surface area contributed by atoms with Crippen molar-refractivity contribution in [3.8, 4) is 11.5 Å². The maximum absolute atomic E-state index is 14.8. The van der Waals surface area contributed by atoms with Crippen LogP contribution in [0, 0.1) is 5.92 Å². The molecule has 6 aromatic rings. The summed E-state index contributed by atoms with van der Waals surface area (Å²) in [5.74, 6) is -2.97. The van der Waals surface area contributed by atoms with Gasteiger partial charge in [-0.05, 0) is 97.7 Å². The lowest BCUT2D eigenvalue weighted by Gasteiger charge is -2.27. The molecule has 3 heterocycles. The van der Waals surface area contributed by atoms with Crippen LogP contribution >= 0.6 is 42.4 Å². The molecule has 2 aliphatic heterocycles. The molecule has 0 saturated heterocycles. The van der Waals surface area contributed by atoms with Gasteiger partial charge in [0.15, 0.2) is 0 Å². The summed E-state index contributed by atoms with van der Waals surface area (Å²) in [5, 5.41) is 23.2. The van der Waals surface area contributed by atoms with Gasteiger partial charge < -0.3 is 70.4 Å². The number of carboxylic acid groups (broad SMARTS) is 1. The smallest absolute Gasteiger partial charge is 0.465 e. The zero-order valence-corrected chi connectivity index (χ0v) is 54.7. The second-order valence-corrected chi connectivity index (χ2v) is 26.3. The number of thiophene rings is 1. The van der Waals surface area contributed by atoms with Gasteiger partial charge in [-0.3, -0.25) is 29.0 Å². The molecule has 0 spiro atoms. The van der Waals surface area contributed by atoms with Crippen LogP contribution < -0.4 is 46.1 Å². The number of phosphoric ester groups is 1. The summed E-state index contributed by atoms with van der Waals surface area (Å²) in [6.45, 7) is 8.77. The van der Waals surface area contributed by atoms with Gasteiger partial charge in [-0.2, -0.15) is 0 Å². The van der Waals surface area contributed by atoms with Gasteiger partial charge in [0.05, 0.1) is 27.7 Å². The number of carbonyl (C=O) groups excluding carboxylic acids is 7. The number of nitrogens with one attached hydrogen (secondary N) is 4. The summed E-state index contributed by atoms with van der Waals surface area (Å²) in [5.41, 5.74) is 7.70. The average molecular weight is 1350 g/mol. The highest BCUT2D eigenvalue weighted by Crippen LogP contribution is 2.50. The highest BCUT2D eigenvalue weighted by molar-refractivity contribution is 7.46. The number of benzene rings is 5. The number of hydrogen-bond donors (Lipinski definition) is 8. The Labute approximate surface area is 545 Å². The van der Waals surface area contributed by atoms with Crippen LogP contribution in [0.25, 0.3) is 21.5 Å². The predicted octanol–water partition coefficient (Wildman–Crippen LogP) is 9.58. The molecular weight excluding hydrogens is 1270 g/mol. The fourth-order valence-corrected chi connectivity index (χ4v) is 12.9.